The van der Waals surface area contributed by atoms with Crippen molar-refractivity contribution in [3.8, 4) is 6.07 Å². The van der Waals surface area contributed by atoms with E-state index in [1.165, 1.54) is 6.92 Å². The Balaban J connectivity index is 3.35. The van der Waals surface area contributed by atoms with Crippen LogP contribution < -0.4 is 0 Å². The molecular weight excluding hydrogens is 112 g/mol. The van der Waals surface area contributed by atoms with Crippen LogP contribution in [0.3, 0.4) is 0 Å². The van der Waals surface area contributed by atoms with E-state index in [0.29, 0.717) is 0 Å². The van der Waals surface area contributed by atoms with Gasteiger partial charge in [0.25, 0.3) is 0 Å². The lowest BCUT2D eigenvalue weighted by Gasteiger charge is -2.01. The molecule has 0 aromatic carbocycles. The van der Waals surface area contributed by atoms with E-state index in [9.17, 15) is 8.78 Å². The summed E-state index contributed by atoms with van der Waals surface area (Å²) in [6, 6.07) is 1.67. The smallest absolute Gasteiger partial charge is 0.210 e. The molecule has 0 aromatic heterocycles. The molecule has 0 bridgehead atoms. The maximum Gasteiger partial charge on any atom is 0.242 e. The summed E-state index contributed by atoms with van der Waals surface area (Å²) in [6.07, 6.45) is -2.41. The first-order valence-corrected chi connectivity index (χ1v) is 2.33. The lowest BCUT2D eigenvalue weighted by Crippen LogP contribution is -2.04. The molecule has 0 heterocycles. The Morgan fingerprint density at radius 2 is 2.12 bits per heavy atom. The average molecular weight is 119 g/mol. The Morgan fingerprint density at radius 3 is 2.25 bits per heavy atom. The zero-order valence-electron chi connectivity index (χ0n) is 4.56. The maximum absolute atomic E-state index is 11.5. The fourth-order valence-electron chi connectivity index (χ4n) is 0.233. The molecule has 0 aliphatic heterocycles. The van der Waals surface area contributed by atoms with Crippen molar-refractivity contribution >= 4 is 0 Å². The third kappa shape index (κ3) is 2.51. The molecule has 1 nitrogen and oxygen atoms in total. The number of nitriles is 1. The van der Waals surface area contributed by atoms with Crippen LogP contribution >= 0.6 is 0 Å². The highest BCUT2D eigenvalue weighted by Crippen LogP contribution is 2.10. The van der Waals surface area contributed by atoms with Crippen LogP contribution in [-0.4, -0.2) is 6.43 Å². The zero-order valence-corrected chi connectivity index (χ0v) is 4.56. The third-order valence-electron chi connectivity index (χ3n) is 0.843. The molecule has 0 amide bonds. The van der Waals surface area contributed by atoms with Gasteiger partial charge in [0.05, 0.1) is 6.07 Å². The van der Waals surface area contributed by atoms with Crippen molar-refractivity contribution in [1.82, 2.24) is 0 Å². The summed E-state index contributed by atoms with van der Waals surface area (Å²) in [5, 5.41) is 7.90. The predicted molar refractivity (Wildman–Crippen MR) is 25.4 cm³/mol. The van der Waals surface area contributed by atoms with Crippen LogP contribution in [0.25, 0.3) is 0 Å². The molecule has 0 rings (SSSR count). The van der Waals surface area contributed by atoms with Gasteiger partial charge in [-0.2, -0.15) is 5.26 Å². The minimum Gasteiger partial charge on any atom is -0.210 e. The van der Waals surface area contributed by atoms with Gasteiger partial charge in [0.15, 0.2) is 0 Å². The first-order valence-electron chi connectivity index (χ1n) is 2.33. The van der Waals surface area contributed by atoms with E-state index in [2.05, 4.69) is 0 Å². The third-order valence-corrected chi connectivity index (χ3v) is 0.843. The normalized spacial score (nSPS) is 13.4. The summed E-state index contributed by atoms with van der Waals surface area (Å²) in [4.78, 5) is 0. The molecule has 0 aromatic rings. The lowest BCUT2D eigenvalue weighted by atomic mass is 10.1. The van der Waals surface area contributed by atoms with Gasteiger partial charge in [0.2, 0.25) is 6.43 Å². The van der Waals surface area contributed by atoms with Crippen LogP contribution in [0, 0.1) is 17.2 Å². The van der Waals surface area contributed by atoms with Gasteiger partial charge < -0.3 is 0 Å². The predicted octanol–water partition coefficient (Wildman–Crippen LogP) is 1.80. The molecular formula is C5H7F2N. The second-order valence-corrected chi connectivity index (χ2v) is 1.67. The van der Waals surface area contributed by atoms with Crippen molar-refractivity contribution in [2.75, 3.05) is 0 Å². The Labute approximate surface area is 46.9 Å². The van der Waals surface area contributed by atoms with Crippen molar-refractivity contribution < 1.29 is 8.78 Å². The summed E-state index contributed by atoms with van der Waals surface area (Å²) in [5.41, 5.74) is 0. The highest BCUT2D eigenvalue weighted by Gasteiger charge is 2.12. The van der Waals surface area contributed by atoms with Crippen LogP contribution in [0.2, 0.25) is 0 Å². The maximum atomic E-state index is 11.5. The number of rotatable bonds is 2. The summed E-state index contributed by atoms with van der Waals surface area (Å²) in [7, 11) is 0. The van der Waals surface area contributed by atoms with E-state index >= 15 is 0 Å². The molecule has 0 fully saturated rings. The second kappa shape index (κ2) is 3.36. The monoisotopic (exact) mass is 119 g/mol. The lowest BCUT2D eigenvalue weighted by molar-refractivity contribution is 0.0887. The molecule has 0 saturated heterocycles. The van der Waals surface area contributed by atoms with Gasteiger partial charge in [-0.05, 0) is 0 Å². The largest absolute Gasteiger partial charge is 0.242 e. The molecule has 1 unspecified atom stereocenters. The second-order valence-electron chi connectivity index (χ2n) is 1.67. The molecule has 3 heteroatoms. The van der Waals surface area contributed by atoms with Crippen molar-refractivity contribution in [2.45, 2.75) is 19.8 Å². The molecule has 0 saturated carbocycles. The molecule has 0 N–H and O–H groups in total. The van der Waals surface area contributed by atoms with Gasteiger partial charge in [-0.25, -0.2) is 8.78 Å². The summed E-state index contributed by atoms with van der Waals surface area (Å²) in [5.74, 6) is -0.778. The van der Waals surface area contributed by atoms with Crippen LogP contribution in [0.5, 0.6) is 0 Å². The van der Waals surface area contributed by atoms with E-state index in [1.54, 1.807) is 6.07 Å². The van der Waals surface area contributed by atoms with E-state index in [1.807, 2.05) is 0 Å². The van der Waals surface area contributed by atoms with Crippen molar-refractivity contribution in [2.24, 2.45) is 5.92 Å². The number of nitrogens with zero attached hydrogens (tertiary/aromatic N) is 1. The van der Waals surface area contributed by atoms with E-state index in [0.717, 1.165) is 0 Å². The minimum atomic E-state index is -2.35. The van der Waals surface area contributed by atoms with Crippen LogP contribution in [0.4, 0.5) is 8.78 Å². The van der Waals surface area contributed by atoms with Crippen molar-refractivity contribution in [3.05, 3.63) is 0 Å². The first-order chi connectivity index (χ1) is 3.68. The molecule has 0 aliphatic rings. The summed E-state index contributed by atoms with van der Waals surface area (Å²) in [6.45, 7) is 1.36. The van der Waals surface area contributed by atoms with Crippen LogP contribution in [0.1, 0.15) is 13.3 Å². The van der Waals surface area contributed by atoms with Gasteiger partial charge in [-0.15, -0.1) is 0 Å². The zero-order chi connectivity index (χ0) is 6.57. The summed E-state index contributed by atoms with van der Waals surface area (Å²) >= 11 is 0. The average Bonchev–Trinajstić information content (AvgIpc) is 1.67. The van der Waals surface area contributed by atoms with Crippen LogP contribution in [-0.2, 0) is 0 Å². The quantitative estimate of drug-likeness (QED) is 0.543. The molecule has 0 spiro atoms. The first kappa shape index (κ1) is 7.35. The van der Waals surface area contributed by atoms with Crippen molar-refractivity contribution in [3.63, 3.8) is 0 Å². The highest BCUT2D eigenvalue weighted by molar-refractivity contribution is 4.73. The molecule has 0 radical (unpaired) electrons. The SMILES string of the molecule is CC(CC#N)C(F)F. The topological polar surface area (TPSA) is 23.8 Å². The fourth-order valence-corrected chi connectivity index (χ4v) is 0.233. The highest BCUT2D eigenvalue weighted by atomic mass is 19.3. The Kier molecular flexibility index (Phi) is 3.09. The Hall–Kier alpha value is -0.650. The number of alkyl halides is 2. The number of halogens is 2. The Bertz CT molecular complexity index is 95.1. The minimum absolute atomic E-state index is 0.0579. The van der Waals surface area contributed by atoms with Gasteiger partial charge in [-0.1, -0.05) is 6.92 Å². The van der Waals surface area contributed by atoms with Gasteiger partial charge >= 0.3 is 0 Å². The molecule has 8 heavy (non-hydrogen) atoms. The van der Waals surface area contributed by atoms with E-state index in [-0.39, 0.29) is 6.42 Å². The summed E-state index contributed by atoms with van der Waals surface area (Å²) < 4.78 is 22.9. The standard InChI is InChI=1S/C5H7F2N/c1-4(2-3-8)5(6)7/h4-5H,2H2,1H3. The van der Waals surface area contributed by atoms with Crippen molar-refractivity contribution in [1.29, 1.82) is 5.26 Å². The molecule has 46 valence electrons. The van der Waals surface area contributed by atoms with Gasteiger partial charge in [0, 0.05) is 12.3 Å². The Morgan fingerprint density at radius 1 is 1.62 bits per heavy atom. The van der Waals surface area contributed by atoms with E-state index in [4.69, 9.17) is 5.26 Å². The van der Waals surface area contributed by atoms with E-state index < -0.39 is 12.3 Å². The number of hydrogen-bond acceptors (Lipinski definition) is 1. The van der Waals surface area contributed by atoms with Gasteiger partial charge in [0.1, 0.15) is 0 Å². The number of hydrogen-bond donors (Lipinski definition) is 0. The van der Waals surface area contributed by atoms with Gasteiger partial charge in [-0.3, -0.25) is 0 Å². The molecule has 1 atom stereocenters. The van der Waals surface area contributed by atoms with Crippen LogP contribution in [0.15, 0.2) is 0 Å². The fraction of sp³-hybridized carbons (Fsp3) is 0.800. The molecule has 0 aliphatic carbocycles.